The van der Waals surface area contributed by atoms with Gasteiger partial charge in [-0.05, 0) is 39.5 Å². The van der Waals surface area contributed by atoms with Crippen LogP contribution in [-0.4, -0.2) is 19.3 Å². The van der Waals surface area contributed by atoms with Gasteiger partial charge in [0, 0.05) is 29.8 Å². The lowest BCUT2D eigenvalue weighted by molar-refractivity contribution is 0.532. The second-order valence-corrected chi connectivity index (χ2v) is 6.38. The molecule has 2 aromatic heterocycles. The Balaban J connectivity index is 1.78. The molecule has 0 radical (unpaired) electrons. The highest BCUT2D eigenvalue weighted by Crippen LogP contribution is 2.47. The van der Waals surface area contributed by atoms with Crippen molar-refractivity contribution in [1.29, 1.82) is 0 Å². The Morgan fingerprint density at radius 1 is 1.25 bits per heavy atom. The minimum Gasteiger partial charge on any atom is -0.383 e. The van der Waals surface area contributed by atoms with Gasteiger partial charge < -0.3 is 10.3 Å². The molecule has 0 aliphatic heterocycles. The summed E-state index contributed by atoms with van der Waals surface area (Å²) >= 11 is 0. The molecule has 0 atom stereocenters. The summed E-state index contributed by atoms with van der Waals surface area (Å²) in [4.78, 5) is 4.86. The van der Waals surface area contributed by atoms with Crippen LogP contribution in [0.25, 0.3) is 11.3 Å². The standard InChI is InChI=1S/C15H21N5/c1-9(2)19-8-11(7-17-19)13-14(16)20(12-5-6-12)15(18-13)10-3-4-10/h7-10,12H,3-6,16H2,1-2H3. The predicted octanol–water partition coefficient (Wildman–Crippen LogP) is 3.12. The number of nitrogen functional groups attached to an aromatic ring is 1. The number of imidazole rings is 1. The van der Waals surface area contributed by atoms with Gasteiger partial charge in [-0.2, -0.15) is 5.10 Å². The average molecular weight is 271 g/mol. The van der Waals surface area contributed by atoms with Crippen LogP contribution in [0.4, 0.5) is 5.82 Å². The van der Waals surface area contributed by atoms with E-state index in [0.29, 0.717) is 18.0 Å². The maximum atomic E-state index is 6.39. The molecule has 2 fully saturated rings. The summed E-state index contributed by atoms with van der Waals surface area (Å²) in [5.74, 6) is 2.67. The van der Waals surface area contributed by atoms with Gasteiger partial charge in [-0.1, -0.05) is 0 Å². The predicted molar refractivity (Wildman–Crippen MR) is 78.5 cm³/mol. The van der Waals surface area contributed by atoms with E-state index >= 15 is 0 Å². The highest BCUT2D eigenvalue weighted by Gasteiger charge is 2.36. The topological polar surface area (TPSA) is 61.7 Å². The van der Waals surface area contributed by atoms with E-state index in [1.54, 1.807) is 0 Å². The fraction of sp³-hybridized carbons (Fsp3) is 0.600. The van der Waals surface area contributed by atoms with E-state index in [1.807, 2.05) is 10.9 Å². The Labute approximate surface area is 118 Å². The fourth-order valence-corrected chi connectivity index (χ4v) is 2.76. The van der Waals surface area contributed by atoms with Crippen LogP contribution in [0.2, 0.25) is 0 Å². The molecule has 4 rings (SSSR count). The number of hydrogen-bond acceptors (Lipinski definition) is 3. The molecule has 0 spiro atoms. The van der Waals surface area contributed by atoms with Crippen molar-refractivity contribution in [1.82, 2.24) is 19.3 Å². The summed E-state index contributed by atoms with van der Waals surface area (Å²) in [5, 5.41) is 4.40. The monoisotopic (exact) mass is 271 g/mol. The van der Waals surface area contributed by atoms with Gasteiger partial charge in [-0.3, -0.25) is 4.68 Å². The van der Waals surface area contributed by atoms with Crippen molar-refractivity contribution in [3.63, 3.8) is 0 Å². The van der Waals surface area contributed by atoms with Gasteiger partial charge in [-0.25, -0.2) is 4.98 Å². The Kier molecular flexibility index (Phi) is 2.46. The van der Waals surface area contributed by atoms with Crippen molar-refractivity contribution in [2.24, 2.45) is 0 Å². The van der Waals surface area contributed by atoms with Gasteiger partial charge >= 0.3 is 0 Å². The maximum Gasteiger partial charge on any atom is 0.132 e. The molecule has 5 nitrogen and oxygen atoms in total. The van der Waals surface area contributed by atoms with Crippen molar-refractivity contribution < 1.29 is 0 Å². The molecule has 0 bridgehead atoms. The Hall–Kier alpha value is -1.78. The second kappa shape index (κ2) is 4.11. The number of aromatic nitrogens is 4. The third-order valence-corrected chi connectivity index (χ3v) is 4.23. The van der Waals surface area contributed by atoms with Crippen LogP contribution in [0, 0.1) is 0 Å². The zero-order valence-electron chi connectivity index (χ0n) is 12.1. The largest absolute Gasteiger partial charge is 0.383 e. The zero-order chi connectivity index (χ0) is 13.9. The van der Waals surface area contributed by atoms with Gasteiger partial charge in [0.05, 0.1) is 6.20 Å². The Morgan fingerprint density at radius 2 is 2.00 bits per heavy atom. The third-order valence-electron chi connectivity index (χ3n) is 4.23. The molecule has 106 valence electrons. The summed E-state index contributed by atoms with van der Waals surface area (Å²) in [7, 11) is 0. The number of nitrogens with two attached hydrogens (primary N) is 1. The molecule has 2 aromatic rings. The van der Waals surface area contributed by atoms with Crippen LogP contribution < -0.4 is 5.73 Å². The van der Waals surface area contributed by atoms with Crippen molar-refractivity contribution in [3.05, 3.63) is 18.2 Å². The van der Waals surface area contributed by atoms with E-state index in [9.17, 15) is 0 Å². The lowest BCUT2D eigenvalue weighted by atomic mass is 10.2. The molecule has 5 heteroatoms. The minimum absolute atomic E-state index is 0.360. The van der Waals surface area contributed by atoms with Gasteiger partial charge in [0.15, 0.2) is 0 Å². The normalized spacial score (nSPS) is 18.9. The molecular weight excluding hydrogens is 250 g/mol. The fourth-order valence-electron chi connectivity index (χ4n) is 2.76. The molecule has 2 aliphatic rings. The molecule has 0 amide bonds. The van der Waals surface area contributed by atoms with Crippen molar-refractivity contribution >= 4 is 5.82 Å². The molecule has 2 N–H and O–H groups in total. The van der Waals surface area contributed by atoms with Crippen molar-refractivity contribution in [3.8, 4) is 11.3 Å². The van der Waals surface area contributed by atoms with Crippen LogP contribution in [0.3, 0.4) is 0 Å². The first-order chi connectivity index (χ1) is 9.65. The zero-order valence-corrected chi connectivity index (χ0v) is 12.1. The van der Waals surface area contributed by atoms with Gasteiger partial charge in [0.1, 0.15) is 17.3 Å². The first-order valence-corrected chi connectivity index (χ1v) is 7.57. The van der Waals surface area contributed by atoms with E-state index in [1.165, 1.54) is 31.5 Å². The first kappa shape index (κ1) is 12.0. The van der Waals surface area contributed by atoms with E-state index in [0.717, 1.165) is 17.1 Å². The summed E-state index contributed by atoms with van der Waals surface area (Å²) in [6.45, 7) is 4.25. The lowest BCUT2D eigenvalue weighted by Crippen LogP contribution is -2.04. The minimum atomic E-state index is 0.360. The molecule has 2 saturated carbocycles. The van der Waals surface area contributed by atoms with Crippen molar-refractivity contribution in [2.45, 2.75) is 57.5 Å². The van der Waals surface area contributed by atoms with E-state index < -0.39 is 0 Å². The van der Waals surface area contributed by atoms with Crippen LogP contribution in [0.1, 0.15) is 63.4 Å². The molecule has 0 saturated heterocycles. The summed E-state index contributed by atoms with van der Waals surface area (Å²) in [5.41, 5.74) is 8.35. The Bertz CT molecular complexity index is 643. The van der Waals surface area contributed by atoms with E-state index in [4.69, 9.17) is 10.7 Å². The molecule has 0 unspecified atom stereocenters. The Morgan fingerprint density at radius 3 is 2.55 bits per heavy atom. The van der Waals surface area contributed by atoms with Crippen LogP contribution >= 0.6 is 0 Å². The maximum absolute atomic E-state index is 6.39. The lowest BCUT2D eigenvalue weighted by Gasteiger charge is -2.06. The number of nitrogens with zero attached hydrogens (tertiary/aromatic N) is 4. The molecule has 2 heterocycles. The first-order valence-electron chi connectivity index (χ1n) is 7.57. The third kappa shape index (κ3) is 1.84. The van der Waals surface area contributed by atoms with Crippen LogP contribution in [0.15, 0.2) is 12.4 Å². The molecule has 20 heavy (non-hydrogen) atoms. The number of anilines is 1. The molecule has 0 aromatic carbocycles. The van der Waals surface area contributed by atoms with E-state index in [-0.39, 0.29) is 0 Å². The smallest absolute Gasteiger partial charge is 0.132 e. The van der Waals surface area contributed by atoms with Crippen LogP contribution in [0.5, 0.6) is 0 Å². The van der Waals surface area contributed by atoms with Gasteiger partial charge in [0.25, 0.3) is 0 Å². The SMILES string of the molecule is CC(C)n1cc(-c2nc(C3CC3)n(C3CC3)c2N)cn1. The number of rotatable bonds is 4. The summed E-state index contributed by atoms with van der Waals surface area (Å²) in [6.07, 6.45) is 8.93. The second-order valence-electron chi connectivity index (χ2n) is 6.38. The van der Waals surface area contributed by atoms with Gasteiger partial charge in [0.2, 0.25) is 0 Å². The van der Waals surface area contributed by atoms with Crippen LogP contribution in [-0.2, 0) is 0 Å². The average Bonchev–Trinajstić information content (AvgIpc) is 3.33. The summed E-state index contributed by atoms with van der Waals surface area (Å²) < 4.78 is 4.25. The van der Waals surface area contributed by atoms with Gasteiger partial charge in [-0.15, -0.1) is 0 Å². The number of hydrogen-bond donors (Lipinski definition) is 1. The van der Waals surface area contributed by atoms with E-state index in [2.05, 4.69) is 29.7 Å². The quantitative estimate of drug-likeness (QED) is 0.929. The summed E-state index contributed by atoms with van der Waals surface area (Å²) in [6, 6.07) is 0.949. The van der Waals surface area contributed by atoms with Crippen molar-refractivity contribution in [2.75, 3.05) is 5.73 Å². The highest BCUT2D eigenvalue weighted by molar-refractivity contribution is 5.70. The molecular formula is C15H21N5. The molecule has 2 aliphatic carbocycles. The highest BCUT2D eigenvalue weighted by atomic mass is 15.3.